The summed E-state index contributed by atoms with van der Waals surface area (Å²) in [5, 5.41) is 3.78. The molecule has 1 aromatic carbocycles. The van der Waals surface area contributed by atoms with Gasteiger partial charge in [0.2, 0.25) is 5.91 Å². The molecule has 2 rings (SSSR count). The molecule has 3 nitrogen and oxygen atoms in total. The fourth-order valence-corrected chi connectivity index (χ4v) is 2.59. The summed E-state index contributed by atoms with van der Waals surface area (Å²) >= 11 is 11.9. The predicted molar refractivity (Wildman–Crippen MR) is 75.1 cm³/mol. The number of carbonyl (C=O) groups excluding carboxylic acids is 1. The molecule has 0 aliphatic heterocycles. The second kappa shape index (κ2) is 5.47. The van der Waals surface area contributed by atoms with E-state index in [2.05, 4.69) is 5.32 Å². The lowest BCUT2D eigenvalue weighted by Crippen LogP contribution is -2.52. The van der Waals surface area contributed by atoms with E-state index in [4.69, 9.17) is 28.9 Å². The molecular formula is C13H16Cl2N2O. The number of nitrogens with one attached hydrogen (secondary N) is 1. The Morgan fingerprint density at radius 2 is 1.89 bits per heavy atom. The lowest BCUT2D eigenvalue weighted by Gasteiger charge is -2.31. The zero-order valence-electron chi connectivity index (χ0n) is 10.0. The first kappa shape index (κ1) is 13.7. The molecule has 1 fully saturated rings. The van der Waals surface area contributed by atoms with Crippen LogP contribution in [0.5, 0.6) is 0 Å². The number of nitrogens with two attached hydrogens (primary N) is 1. The van der Waals surface area contributed by atoms with Gasteiger partial charge in [0.1, 0.15) is 0 Å². The number of rotatable bonds is 2. The summed E-state index contributed by atoms with van der Waals surface area (Å²) in [7, 11) is 0. The van der Waals surface area contributed by atoms with E-state index >= 15 is 0 Å². The van der Waals surface area contributed by atoms with E-state index in [9.17, 15) is 4.79 Å². The van der Waals surface area contributed by atoms with Crippen LogP contribution in [0.15, 0.2) is 18.2 Å². The Morgan fingerprint density at radius 1 is 1.22 bits per heavy atom. The van der Waals surface area contributed by atoms with Crippen LogP contribution < -0.4 is 11.1 Å². The van der Waals surface area contributed by atoms with Gasteiger partial charge in [-0.3, -0.25) is 4.79 Å². The zero-order valence-corrected chi connectivity index (χ0v) is 11.5. The standard InChI is InChI=1S/C13H16Cl2N2O/c14-9-4-5-10(15)11(8-9)17-12(18)13(16)6-2-1-3-7-13/h4-5,8H,1-3,6-7,16H2,(H,17,18). The lowest BCUT2D eigenvalue weighted by atomic mass is 9.82. The number of anilines is 1. The van der Waals surface area contributed by atoms with Gasteiger partial charge in [-0.25, -0.2) is 0 Å². The van der Waals surface area contributed by atoms with E-state index in [0.717, 1.165) is 32.1 Å². The van der Waals surface area contributed by atoms with Crippen molar-refractivity contribution in [1.82, 2.24) is 0 Å². The summed E-state index contributed by atoms with van der Waals surface area (Å²) < 4.78 is 0. The number of carbonyl (C=O) groups is 1. The number of halogens is 2. The molecule has 3 N–H and O–H groups in total. The van der Waals surface area contributed by atoms with E-state index in [1.165, 1.54) is 0 Å². The highest BCUT2D eigenvalue weighted by atomic mass is 35.5. The molecule has 98 valence electrons. The van der Waals surface area contributed by atoms with Gasteiger partial charge in [0, 0.05) is 5.02 Å². The summed E-state index contributed by atoms with van der Waals surface area (Å²) in [4.78, 5) is 12.2. The van der Waals surface area contributed by atoms with Gasteiger partial charge in [-0.1, -0.05) is 42.5 Å². The van der Waals surface area contributed by atoms with Gasteiger partial charge in [0.05, 0.1) is 16.2 Å². The summed E-state index contributed by atoms with van der Waals surface area (Å²) in [6, 6.07) is 4.97. The second-order valence-corrected chi connectivity index (χ2v) is 5.64. The largest absolute Gasteiger partial charge is 0.323 e. The molecule has 1 amide bonds. The average Bonchev–Trinajstić information content (AvgIpc) is 2.35. The lowest BCUT2D eigenvalue weighted by molar-refractivity contribution is -0.122. The van der Waals surface area contributed by atoms with Crippen LogP contribution in [-0.2, 0) is 4.79 Å². The number of hydrogen-bond acceptors (Lipinski definition) is 2. The smallest absolute Gasteiger partial charge is 0.244 e. The first-order valence-corrected chi connectivity index (χ1v) is 6.82. The van der Waals surface area contributed by atoms with Crippen molar-refractivity contribution in [3.8, 4) is 0 Å². The first-order valence-electron chi connectivity index (χ1n) is 6.07. The molecule has 0 spiro atoms. The number of benzene rings is 1. The Balaban J connectivity index is 2.13. The van der Waals surface area contributed by atoms with Gasteiger partial charge < -0.3 is 11.1 Å². The van der Waals surface area contributed by atoms with Crippen LogP contribution in [0, 0.1) is 0 Å². The minimum Gasteiger partial charge on any atom is -0.323 e. The summed E-state index contributed by atoms with van der Waals surface area (Å²) in [5.41, 5.74) is 5.89. The molecule has 1 aromatic rings. The van der Waals surface area contributed by atoms with E-state index in [1.54, 1.807) is 18.2 Å². The van der Waals surface area contributed by atoms with E-state index in [1.807, 2.05) is 0 Å². The van der Waals surface area contributed by atoms with Crippen molar-refractivity contribution in [2.24, 2.45) is 5.73 Å². The minimum atomic E-state index is -0.774. The Bertz CT molecular complexity index is 456. The van der Waals surface area contributed by atoms with E-state index < -0.39 is 5.54 Å². The maximum atomic E-state index is 12.2. The third-order valence-corrected chi connectivity index (χ3v) is 3.94. The van der Waals surface area contributed by atoms with Crippen LogP contribution in [0.25, 0.3) is 0 Å². The molecule has 1 aliphatic rings. The zero-order chi connectivity index (χ0) is 13.2. The predicted octanol–water partition coefficient (Wildman–Crippen LogP) is 3.59. The molecule has 0 aromatic heterocycles. The van der Waals surface area contributed by atoms with Gasteiger partial charge in [-0.2, -0.15) is 0 Å². The van der Waals surface area contributed by atoms with Crippen LogP contribution in [0.4, 0.5) is 5.69 Å². The van der Waals surface area contributed by atoms with Crippen LogP contribution in [0.2, 0.25) is 10.0 Å². The van der Waals surface area contributed by atoms with Crippen LogP contribution in [0.3, 0.4) is 0 Å². The average molecular weight is 287 g/mol. The monoisotopic (exact) mass is 286 g/mol. The summed E-state index contributed by atoms with van der Waals surface area (Å²) in [6.07, 6.45) is 4.57. The van der Waals surface area contributed by atoms with Crippen molar-refractivity contribution in [3.63, 3.8) is 0 Å². The molecular weight excluding hydrogens is 271 g/mol. The van der Waals surface area contributed by atoms with Gasteiger partial charge in [-0.05, 0) is 31.0 Å². The maximum Gasteiger partial charge on any atom is 0.244 e. The van der Waals surface area contributed by atoms with Crippen molar-refractivity contribution < 1.29 is 4.79 Å². The second-order valence-electron chi connectivity index (χ2n) is 4.80. The van der Waals surface area contributed by atoms with Crippen LogP contribution >= 0.6 is 23.2 Å². The molecule has 1 saturated carbocycles. The minimum absolute atomic E-state index is 0.175. The number of hydrogen-bond donors (Lipinski definition) is 2. The molecule has 0 atom stereocenters. The topological polar surface area (TPSA) is 55.1 Å². The Kier molecular flexibility index (Phi) is 4.15. The third kappa shape index (κ3) is 2.97. The quantitative estimate of drug-likeness (QED) is 0.873. The normalized spacial score (nSPS) is 18.4. The SMILES string of the molecule is NC1(C(=O)Nc2cc(Cl)ccc2Cl)CCCCC1. The summed E-state index contributed by atoms with van der Waals surface area (Å²) in [5.74, 6) is -0.175. The molecule has 0 bridgehead atoms. The number of amides is 1. The van der Waals surface area contributed by atoms with Crippen molar-refractivity contribution in [2.75, 3.05) is 5.32 Å². The maximum absolute atomic E-state index is 12.2. The summed E-state index contributed by atoms with van der Waals surface area (Å²) in [6.45, 7) is 0. The highest BCUT2D eigenvalue weighted by Gasteiger charge is 2.35. The van der Waals surface area contributed by atoms with Crippen molar-refractivity contribution in [2.45, 2.75) is 37.6 Å². The highest BCUT2D eigenvalue weighted by Crippen LogP contribution is 2.30. The van der Waals surface area contributed by atoms with E-state index in [0.29, 0.717) is 15.7 Å². The molecule has 0 saturated heterocycles. The van der Waals surface area contributed by atoms with Gasteiger partial charge in [0.25, 0.3) is 0 Å². The van der Waals surface area contributed by atoms with Crippen LogP contribution in [0.1, 0.15) is 32.1 Å². The fraction of sp³-hybridized carbons (Fsp3) is 0.462. The molecule has 0 unspecified atom stereocenters. The molecule has 0 heterocycles. The van der Waals surface area contributed by atoms with Crippen LogP contribution in [-0.4, -0.2) is 11.4 Å². The van der Waals surface area contributed by atoms with Crippen molar-refractivity contribution in [3.05, 3.63) is 28.2 Å². The molecule has 5 heteroatoms. The van der Waals surface area contributed by atoms with E-state index in [-0.39, 0.29) is 5.91 Å². The Morgan fingerprint density at radius 3 is 2.56 bits per heavy atom. The molecule has 0 radical (unpaired) electrons. The fourth-order valence-electron chi connectivity index (χ4n) is 2.25. The van der Waals surface area contributed by atoms with Crippen molar-refractivity contribution in [1.29, 1.82) is 0 Å². The van der Waals surface area contributed by atoms with Gasteiger partial charge in [-0.15, -0.1) is 0 Å². The Labute approximate surface area is 117 Å². The Hall–Kier alpha value is -0.770. The highest BCUT2D eigenvalue weighted by molar-refractivity contribution is 6.35. The molecule has 1 aliphatic carbocycles. The first-order chi connectivity index (χ1) is 8.51. The van der Waals surface area contributed by atoms with Gasteiger partial charge >= 0.3 is 0 Å². The van der Waals surface area contributed by atoms with Gasteiger partial charge in [0.15, 0.2) is 0 Å². The molecule has 18 heavy (non-hydrogen) atoms. The third-order valence-electron chi connectivity index (χ3n) is 3.37. The van der Waals surface area contributed by atoms with Crippen molar-refractivity contribution >= 4 is 34.8 Å².